The number of thioether (sulfide) groups is 1. The standard InChI is InChI=1S/C10H12N6OS/c1-6-2-9(17)15-10(14-6)18-5-7-3-13-8(16-11)4-12-7/h2-4H,5,11H2,1H3,(H,13,16)(H,14,15,17). The Morgan fingerprint density at radius 2 is 2.28 bits per heavy atom. The number of hydrogen-bond acceptors (Lipinski definition) is 7. The number of aromatic nitrogens is 4. The average Bonchev–Trinajstić information content (AvgIpc) is 2.36. The molecule has 94 valence electrons. The van der Waals surface area contributed by atoms with Gasteiger partial charge in [-0.2, -0.15) is 0 Å². The van der Waals surface area contributed by atoms with Crippen molar-refractivity contribution in [3.63, 3.8) is 0 Å². The number of aryl methyl sites for hydroxylation is 1. The first-order valence-corrected chi connectivity index (χ1v) is 6.14. The molecule has 0 fully saturated rings. The number of anilines is 1. The van der Waals surface area contributed by atoms with Crippen LogP contribution in [0.4, 0.5) is 5.82 Å². The first kappa shape index (κ1) is 12.5. The van der Waals surface area contributed by atoms with Gasteiger partial charge in [0.15, 0.2) is 11.0 Å². The van der Waals surface area contributed by atoms with Crippen LogP contribution in [-0.2, 0) is 5.75 Å². The van der Waals surface area contributed by atoms with Gasteiger partial charge in [-0.15, -0.1) is 0 Å². The zero-order valence-corrected chi connectivity index (χ0v) is 10.5. The summed E-state index contributed by atoms with van der Waals surface area (Å²) in [5, 5.41) is 0.572. The largest absolute Gasteiger partial charge is 0.307 e. The summed E-state index contributed by atoms with van der Waals surface area (Å²) >= 11 is 1.39. The number of H-pyrrole nitrogens is 1. The third kappa shape index (κ3) is 3.28. The predicted octanol–water partition coefficient (Wildman–Crippen LogP) is 0.446. The molecule has 0 aliphatic rings. The maximum absolute atomic E-state index is 11.2. The molecule has 4 N–H and O–H groups in total. The van der Waals surface area contributed by atoms with Crippen molar-refractivity contribution in [2.45, 2.75) is 17.8 Å². The Kier molecular flexibility index (Phi) is 3.90. The van der Waals surface area contributed by atoms with Gasteiger partial charge in [-0.3, -0.25) is 9.78 Å². The minimum absolute atomic E-state index is 0.154. The van der Waals surface area contributed by atoms with Crippen LogP contribution in [0.15, 0.2) is 28.4 Å². The van der Waals surface area contributed by atoms with Gasteiger partial charge >= 0.3 is 0 Å². The van der Waals surface area contributed by atoms with Crippen LogP contribution < -0.4 is 16.8 Å². The lowest BCUT2D eigenvalue weighted by molar-refractivity contribution is 0.903. The molecule has 0 aliphatic carbocycles. The number of nitrogens with two attached hydrogens (primary N) is 1. The van der Waals surface area contributed by atoms with Crippen molar-refractivity contribution in [1.29, 1.82) is 0 Å². The molecule has 0 spiro atoms. The topological polar surface area (TPSA) is 110 Å². The highest BCUT2D eigenvalue weighted by Gasteiger charge is 2.02. The Balaban J connectivity index is 2.04. The molecule has 8 heteroatoms. The fourth-order valence-electron chi connectivity index (χ4n) is 1.27. The van der Waals surface area contributed by atoms with Crippen molar-refractivity contribution in [1.82, 2.24) is 19.9 Å². The van der Waals surface area contributed by atoms with Crippen LogP contribution >= 0.6 is 11.8 Å². The van der Waals surface area contributed by atoms with Crippen molar-refractivity contribution in [3.8, 4) is 0 Å². The van der Waals surface area contributed by atoms with E-state index in [1.165, 1.54) is 17.8 Å². The smallest absolute Gasteiger partial charge is 0.251 e. The van der Waals surface area contributed by atoms with E-state index in [0.717, 1.165) is 5.69 Å². The molecule has 0 saturated carbocycles. The number of nitrogens with one attached hydrogen (secondary N) is 2. The van der Waals surface area contributed by atoms with Crippen LogP contribution in [0.1, 0.15) is 11.4 Å². The number of rotatable bonds is 4. The van der Waals surface area contributed by atoms with Gasteiger partial charge in [0.2, 0.25) is 0 Å². The molecule has 0 radical (unpaired) electrons. The molecule has 0 bridgehead atoms. The van der Waals surface area contributed by atoms with Crippen LogP contribution in [0.2, 0.25) is 0 Å². The van der Waals surface area contributed by atoms with Gasteiger partial charge in [0.1, 0.15) is 0 Å². The fourth-order valence-corrected chi connectivity index (χ4v) is 2.08. The van der Waals surface area contributed by atoms with E-state index in [0.29, 0.717) is 22.4 Å². The number of hydrazine groups is 1. The maximum Gasteiger partial charge on any atom is 0.251 e. The Bertz CT molecular complexity index is 582. The molecule has 0 aliphatic heterocycles. The summed E-state index contributed by atoms with van der Waals surface area (Å²) in [5.74, 6) is 6.27. The van der Waals surface area contributed by atoms with Crippen molar-refractivity contribution in [3.05, 3.63) is 40.2 Å². The van der Waals surface area contributed by atoms with Gasteiger partial charge in [0.05, 0.1) is 18.1 Å². The minimum atomic E-state index is -0.154. The Morgan fingerprint density at radius 3 is 2.89 bits per heavy atom. The molecule has 7 nitrogen and oxygen atoms in total. The molecule has 18 heavy (non-hydrogen) atoms. The molecule has 0 unspecified atom stereocenters. The highest BCUT2D eigenvalue weighted by atomic mass is 32.2. The quantitative estimate of drug-likeness (QED) is 0.318. The third-order valence-corrected chi connectivity index (χ3v) is 2.96. The van der Waals surface area contributed by atoms with E-state index in [9.17, 15) is 4.79 Å². The monoisotopic (exact) mass is 264 g/mol. The number of nitrogens with zero attached hydrogens (tertiary/aromatic N) is 3. The molecular weight excluding hydrogens is 252 g/mol. The summed E-state index contributed by atoms with van der Waals surface area (Å²) in [5.41, 5.74) is 3.72. The molecule has 2 aromatic rings. The summed E-state index contributed by atoms with van der Waals surface area (Å²) in [6.45, 7) is 1.78. The summed E-state index contributed by atoms with van der Waals surface area (Å²) in [7, 11) is 0. The molecule has 0 atom stereocenters. The van der Waals surface area contributed by atoms with Gasteiger partial charge in [-0.05, 0) is 6.92 Å². The van der Waals surface area contributed by atoms with Gasteiger partial charge in [-0.25, -0.2) is 15.8 Å². The summed E-state index contributed by atoms with van der Waals surface area (Å²) < 4.78 is 0. The van der Waals surface area contributed by atoms with E-state index in [2.05, 4.69) is 25.4 Å². The normalized spacial score (nSPS) is 10.3. The van der Waals surface area contributed by atoms with Crippen LogP contribution in [0.3, 0.4) is 0 Å². The van der Waals surface area contributed by atoms with Gasteiger partial charge in [-0.1, -0.05) is 11.8 Å². The number of nitrogen functional groups attached to an aromatic ring is 1. The Hall–Kier alpha value is -1.93. The third-order valence-electron chi connectivity index (χ3n) is 2.06. The highest BCUT2D eigenvalue weighted by Crippen LogP contribution is 2.16. The van der Waals surface area contributed by atoms with Crippen LogP contribution in [0, 0.1) is 6.92 Å². The second-order valence-electron chi connectivity index (χ2n) is 3.52. The van der Waals surface area contributed by atoms with Gasteiger partial charge in [0.25, 0.3) is 5.56 Å². The van der Waals surface area contributed by atoms with Crippen LogP contribution in [-0.4, -0.2) is 19.9 Å². The van der Waals surface area contributed by atoms with Gasteiger partial charge < -0.3 is 10.4 Å². The second-order valence-corrected chi connectivity index (χ2v) is 4.48. The van der Waals surface area contributed by atoms with E-state index in [1.54, 1.807) is 19.3 Å². The van der Waals surface area contributed by atoms with Crippen molar-refractivity contribution in [2.24, 2.45) is 5.84 Å². The zero-order chi connectivity index (χ0) is 13.0. The SMILES string of the molecule is Cc1cc(=O)[nH]c(SCc2cnc(NN)cn2)n1. The van der Waals surface area contributed by atoms with Gasteiger partial charge in [0, 0.05) is 17.5 Å². The summed E-state index contributed by atoms with van der Waals surface area (Å²) in [6.07, 6.45) is 3.17. The predicted molar refractivity (Wildman–Crippen MR) is 69.0 cm³/mol. The molecule has 2 heterocycles. The minimum Gasteiger partial charge on any atom is -0.307 e. The van der Waals surface area contributed by atoms with Crippen molar-refractivity contribution >= 4 is 17.6 Å². The van der Waals surface area contributed by atoms with Crippen LogP contribution in [0.5, 0.6) is 0 Å². The summed E-state index contributed by atoms with van der Waals surface area (Å²) in [4.78, 5) is 26.3. The zero-order valence-electron chi connectivity index (χ0n) is 9.67. The lowest BCUT2D eigenvalue weighted by atomic mass is 10.5. The van der Waals surface area contributed by atoms with Crippen molar-refractivity contribution < 1.29 is 0 Å². The maximum atomic E-state index is 11.2. The Labute approximate surface area is 107 Å². The average molecular weight is 264 g/mol. The molecule has 0 amide bonds. The van der Waals surface area contributed by atoms with E-state index >= 15 is 0 Å². The molecule has 0 aromatic carbocycles. The first-order chi connectivity index (χ1) is 8.67. The Morgan fingerprint density at radius 1 is 1.44 bits per heavy atom. The van der Waals surface area contributed by atoms with E-state index in [1.807, 2.05) is 0 Å². The van der Waals surface area contributed by atoms with Crippen LogP contribution in [0.25, 0.3) is 0 Å². The van der Waals surface area contributed by atoms with E-state index in [4.69, 9.17) is 5.84 Å². The molecular formula is C10H12N6OS. The fraction of sp³-hybridized carbons (Fsp3) is 0.200. The number of aromatic amines is 1. The first-order valence-electron chi connectivity index (χ1n) is 5.15. The lowest BCUT2D eigenvalue weighted by Crippen LogP contribution is -2.09. The second kappa shape index (κ2) is 5.61. The molecule has 2 aromatic heterocycles. The van der Waals surface area contributed by atoms with Crippen molar-refractivity contribution in [2.75, 3.05) is 5.43 Å². The van der Waals surface area contributed by atoms with E-state index < -0.39 is 0 Å². The van der Waals surface area contributed by atoms with E-state index in [-0.39, 0.29) is 5.56 Å². The number of hydrogen-bond donors (Lipinski definition) is 3. The highest BCUT2D eigenvalue weighted by molar-refractivity contribution is 7.98. The molecule has 0 saturated heterocycles. The lowest BCUT2D eigenvalue weighted by Gasteiger charge is -2.02. The summed E-state index contributed by atoms with van der Waals surface area (Å²) in [6, 6.07) is 1.45. The molecule has 2 rings (SSSR count).